The molecule has 0 atom stereocenters. The van der Waals surface area contributed by atoms with E-state index in [0.29, 0.717) is 22.6 Å². The van der Waals surface area contributed by atoms with E-state index in [9.17, 15) is 14.0 Å². The van der Waals surface area contributed by atoms with Gasteiger partial charge >= 0.3 is 5.97 Å². The minimum Gasteiger partial charge on any atom is -0.496 e. The van der Waals surface area contributed by atoms with Crippen molar-refractivity contribution in [1.29, 1.82) is 0 Å². The number of methoxy groups -OCH3 is 2. The predicted molar refractivity (Wildman–Crippen MR) is 99.4 cm³/mol. The quantitative estimate of drug-likeness (QED) is 0.455. The van der Waals surface area contributed by atoms with Crippen molar-refractivity contribution in [2.45, 2.75) is 6.92 Å². The number of benzene rings is 2. The summed E-state index contributed by atoms with van der Waals surface area (Å²) in [6, 6.07) is 6.49. The molecule has 0 aliphatic heterocycles. The molecule has 2 aromatic carbocycles. The molecule has 0 N–H and O–H groups in total. The van der Waals surface area contributed by atoms with E-state index in [4.69, 9.17) is 18.9 Å². The van der Waals surface area contributed by atoms with Crippen LogP contribution in [0.25, 0.3) is 0 Å². The van der Waals surface area contributed by atoms with E-state index in [-0.39, 0.29) is 16.9 Å². The Bertz CT molecular complexity index is 852. The van der Waals surface area contributed by atoms with Crippen LogP contribution in [0.15, 0.2) is 34.8 Å². The number of rotatable bonds is 8. The Morgan fingerprint density at radius 3 is 2.41 bits per heavy atom. The minimum absolute atomic E-state index is 0.00393. The lowest BCUT2D eigenvalue weighted by Gasteiger charge is -2.13. The molecule has 2 rings (SSSR count). The van der Waals surface area contributed by atoms with Gasteiger partial charge in [-0.05, 0) is 53.2 Å². The third-order valence-electron chi connectivity index (χ3n) is 3.55. The van der Waals surface area contributed by atoms with E-state index in [2.05, 4.69) is 15.9 Å². The van der Waals surface area contributed by atoms with Crippen molar-refractivity contribution in [2.75, 3.05) is 27.4 Å². The molecular formula is C19H18BrFO6. The van der Waals surface area contributed by atoms with Gasteiger partial charge in [-0.25, -0.2) is 9.18 Å². The predicted octanol–water partition coefficient (Wildman–Crippen LogP) is 4.04. The number of carbonyl (C=O) groups is 2. The second-order valence-electron chi connectivity index (χ2n) is 5.27. The number of hydrogen-bond acceptors (Lipinski definition) is 6. The molecule has 0 unspecified atom stereocenters. The van der Waals surface area contributed by atoms with E-state index in [1.54, 1.807) is 0 Å². The van der Waals surface area contributed by atoms with Gasteiger partial charge < -0.3 is 18.9 Å². The molecule has 0 saturated heterocycles. The van der Waals surface area contributed by atoms with Crippen molar-refractivity contribution >= 4 is 27.7 Å². The summed E-state index contributed by atoms with van der Waals surface area (Å²) in [7, 11) is 2.80. The van der Waals surface area contributed by atoms with Crippen LogP contribution in [0.3, 0.4) is 0 Å². The SMILES string of the molecule is CCOc1c(Br)cc(C(=O)OCC(=O)c2cc(F)ccc2OC)cc1OC. The molecule has 0 aliphatic carbocycles. The van der Waals surface area contributed by atoms with Crippen LogP contribution < -0.4 is 14.2 Å². The number of hydrogen-bond donors (Lipinski definition) is 0. The van der Waals surface area contributed by atoms with Crippen LogP contribution in [0.2, 0.25) is 0 Å². The zero-order valence-corrected chi connectivity index (χ0v) is 16.6. The smallest absolute Gasteiger partial charge is 0.338 e. The van der Waals surface area contributed by atoms with Crippen molar-refractivity contribution in [3.63, 3.8) is 0 Å². The Kier molecular flexibility index (Phi) is 7.18. The topological polar surface area (TPSA) is 71.1 Å². The second kappa shape index (κ2) is 9.36. The molecule has 6 nitrogen and oxygen atoms in total. The molecule has 8 heteroatoms. The summed E-state index contributed by atoms with van der Waals surface area (Å²) in [4.78, 5) is 24.6. The second-order valence-corrected chi connectivity index (χ2v) is 6.12. The van der Waals surface area contributed by atoms with Gasteiger partial charge in [0.2, 0.25) is 5.78 Å². The molecule has 144 valence electrons. The van der Waals surface area contributed by atoms with Crippen LogP contribution in [0, 0.1) is 5.82 Å². The van der Waals surface area contributed by atoms with Crippen LogP contribution in [0.1, 0.15) is 27.6 Å². The molecule has 0 radical (unpaired) electrons. The summed E-state index contributed by atoms with van der Waals surface area (Å²) in [5.41, 5.74) is 0.164. The molecule has 0 heterocycles. The molecule has 0 aliphatic rings. The van der Waals surface area contributed by atoms with E-state index in [0.717, 1.165) is 6.07 Å². The van der Waals surface area contributed by atoms with E-state index >= 15 is 0 Å². The van der Waals surface area contributed by atoms with Gasteiger partial charge in [-0.1, -0.05) is 0 Å². The summed E-state index contributed by atoms with van der Waals surface area (Å²) < 4.78 is 34.7. The Hall–Kier alpha value is -2.61. The summed E-state index contributed by atoms with van der Waals surface area (Å²) in [6.45, 7) is 1.68. The fourth-order valence-corrected chi connectivity index (χ4v) is 2.87. The number of Topliss-reactive ketones (excluding diaryl/α,β-unsaturated/α-hetero) is 1. The van der Waals surface area contributed by atoms with E-state index < -0.39 is 24.2 Å². The lowest BCUT2D eigenvalue weighted by Crippen LogP contribution is -2.15. The monoisotopic (exact) mass is 440 g/mol. The molecular weight excluding hydrogens is 423 g/mol. The van der Waals surface area contributed by atoms with Crippen LogP contribution in [-0.2, 0) is 4.74 Å². The average Bonchev–Trinajstić information content (AvgIpc) is 2.67. The summed E-state index contributed by atoms with van der Waals surface area (Å²) in [5, 5.41) is 0. The van der Waals surface area contributed by atoms with Crippen molar-refractivity contribution in [2.24, 2.45) is 0 Å². The minimum atomic E-state index is -0.735. The highest BCUT2D eigenvalue weighted by Gasteiger charge is 2.19. The first-order valence-corrected chi connectivity index (χ1v) is 8.74. The summed E-state index contributed by atoms with van der Waals surface area (Å²) in [5.74, 6) is -0.917. The number of esters is 1. The Morgan fingerprint density at radius 2 is 1.78 bits per heavy atom. The number of carbonyl (C=O) groups excluding carboxylic acids is 2. The first-order chi connectivity index (χ1) is 12.9. The summed E-state index contributed by atoms with van der Waals surface area (Å²) in [6.07, 6.45) is 0. The molecule has 0 spiro atoms. The molecule has 27 heavy (non-hydrogen) atoms. The van der Waals surface area contributed by atoms with Crippen LogP contribution in [0.5, 0.6) is 17.2 Å². The molecule has 2 aromatic rings. The normalized spacial score (nSPS) is 10.3. The largest absolute Gasteiger partial charge is 0.496 e. The van der Waals surface area contributed by atoms with Crippen molar-refractivity contribution in [1.82, 2.24) is 0 Å². The molecule has 0 aromatic heterocycles. The fourth-order valence-electron chi connectivity index (χ4n) is 2.31. The number of ketones is 1. The standard InChI is InChI=1S/C19H18BrFO6/c1-4-26-18-14(20)7-11(8-17(18)25-3)19(23)27-10-15(22)13-9-12(21)5-6-16(13)24-2/h5-9H,4,10H2,1-3H3. The molecule has 0 bridgehead atoms. The first kappa shape index (κ1) is 20.7. The lowest BCUT2D eigenvalue weighted by molar-refractivity contribution is 0.0473. The Labute approximate surface area is 164 Å². The maximum absolute atomic E-state index is 13.4. The van der Waals surface area contributed by atoms with Gasteiger partial charge in [0.05, 0.1) is 36.4 Å². The van der Waals surface area contributed by atoms with Gasteiger partial charge in [0.15, 0.2) is 18.1 Å². The van der Waals surface area contributed by atoms with Crippen molar-refractivity contribution in [3.8, 4) is 17.2 Å². The van der Waals surface area contributed by atoms with Crippen LogP contribution in [-0.4, -0.2) is 39.2 Å². The van der Waals surface area contributed by atoms with Crippen LogP contribution >= 0.6 is 15.9 Å². The highest BCUT2D eigenvalue weighted by molar-refractivity contribution is 9.10. The third-order valence-corrected chi connectivity index (χ3v) is 4.14. The van der Waals surface area contributed by atoms with Gasteiger partial charge in [-0.2, -0.15) is 0 Å². The highest BCUT2D eigenvalue weighted by atomic mass is 79.9. The Balaban J connectivity index is 2.15. The zero-order valence-electron chi connectivity index (χ0n) is 15.0. The van der Waals surface area contributed by atoms with Crippen molar-refractivity contribution < 1.29 is 32.9 Å². The molecule has 0 fully saturated rings. The first-order valence-electron chi connectivity index (χ1n) is 7.95. The number of halogens is 2. The van der Waals surface area contributed by atoms with E-state index in [1.807, 2.05) is 6.92 Å². The zero-order chi connectivity index (χ0) is 20.0. The number of ether oxygens (including phenoxy) is 4. The van der Waals surface area contributed by atoms with Gasteiger partial charge in [-0.15, -0.1) is 0 Å². The highest BCUT2D eigenvalue weighted by Crippen LogP contribution is 2.36. The van der Waals surface area contributed by atoms with Gasteiger partial charge in [0, 0.05) is 0 Å². The fraction of sp³-hybridized carbons (Fsp3) is 0.263. The maximum atomic E-state index is 13.4. The third kappa shape index (κ3) is 4.97. The van der Waals surface area contributed by atoms with Gasteiger partial charge in [0.1, 0.15) is 11.6 Å². The maximum Gasteiger partial charge on any atom is 0.338 e. The Morgan fingerprint density at radius 1 is 1.07 bits per heavy atom. The lowest BCUT2D eigenvalue weighted by atomic mass is 10.1. The van der Waals surface area contributed by atoms with E-state index in [1.165, 1.54) is 38.5 Å². The van der Waals surface area contributed by atoms with Crippen LogP contribution in [0.4, 0.5) is 4.39 Å². The molecule has 0 amide bonds. The summed E-state index contributed by atoms with van der Waals surface area (Å²) >= 11 is 3.31. The molecule has 0 saturated carbocycles. The van der Waals surface area contributed by atoms with Gasteiger partial charge in [-0.3, -0.25) is 4.79 Å². The van der Waals surface area contributed by atoms with Crippen molar-refractivity contribution in [3.05, 3.63) is 51.7 Å². The van der Waals surface area contributed by atoms with Gasteiger partial charge in [0.25, 0.3) is 0 Å². The average molecular weight is 441 g/mol.